The van der Waals surface area contributed by atoms with Crippen LogP contribution in [0.3, 0.4) is 0 Å². The fraction of sp³-hybridized carbons (Fsp3) is 0. The second-order valence-corrected chi connectivity index (χ2v) is 6.80. The topological polar surface area (TPSA) is 4.93 Å². The number of halogens is 1. The molecule has 0 bridgehead atoms. The van der Waals surface area contributed by atoms with Crippen LogP contribution in [0.2, 0.25) is 0 Å². The minimum absolute atomic E-state index is 1.07. The van der Waals surface area contributed by atoms with Crippen LogP contribution >= 0.6 is 15.9 Å². The molecule has 0 N–H and O–H groups in total. The van der Waals surface area contributed by atoms with E-state index in [0.29, 0.717) is 0 Å². The zero-order chi connectivity index (χ0) is 16.1. The van der Waals surface area contributed by atoms with Gasteiger partial charge >= 0.3 is 0 Å². The molecule has 0 saturated carbocycles. The first kappa shape index (κ1) is 13.8. The van der Waals surface area contributed by atoms with Crippen LogP contribution in [-0.2, 0) is 0 Å². The van der Waals surface area contributed by atoms with Crippen LogP contribution in [0.5, 0.6) is 0 Å². The summed E-state index contributed by atoms with van der Waals surface area (Å²) >= 11 is 3.78. The second kappa shape index (κ2) is 5.22. The summed E-state index contributed by atoms with van der Waals surface area (Å²) in [6.45, 7) is 0. The van der Waals surface area contributed by atoms with Gasteiger partial charge in [-0.3, -0.25) is 0 Å². The van der Waals surface area contributed by atoms with Gasteiger partial charge in [0.25, 0.3) is 0 Å². The summed E-state index contributed by atoms with van der Waals surface area (Å²) in [7, 11) is 0. The van der Waals surface area contributed by atoms with Gasteiger partial charge in [0.2, 0.25) is 0 Å². The van der Waals surface area contributed by atoms with Crippen molar-refractivity contribution in [2.45, 2.75) is 0 Å². The Morgan fingerprint density at radius 1 is 0.542 bits per heavy atom. The smallest absolute Gasteiger partial charge is 0.0903 e. The van der Waals surface area contributed by atoms with Crippen LogP contribution < -0.4 is 0 Å². The molecule has 2 heteroatoms. The number of rotatable bonds is 1. The van der Waals surface area contributed by atoms with Gasteiger partial charge in [-0.25, -0.2) is 0 Å². The first-order valence-corrected chi connectivity index (χ1v) is 8.80. The van der Waals surface area contributed by atoms with Crippen molar-refractivity contribution in [3.8, 4) is 5.69 Å². The van der Waals surface area contributed by atoms with Crippen LogP contribution in [-0.4, -0.2) is 4.57 Å². The van der Waals surface area contributed by atoms with Crippen molar-refractivity contribution in [3.63, 3.8) is 0 Å². The Hall–Kier alpha value is -2.58. The largest absolute Gasteiger partial charge is 0.303 e. The highest BCUT2D eigenvalue weighted by Crippen LogP contribution is 2.39. The lowest BCUT2D eigenvalue weighted by Gasteiger charge is -2.12. The molecule has 0 atom stereocenters. The van der Waals surface area contributed by atoms with E-state index in [2.05, 4.69) is 105 Å². The third kappa shape index (κ3) is 1.87. The summed E-state index contributed by atoms with van der Waals surface area (Å²) in [5, 5.41) is 6.45. The molecule has 1 aromatic heterocycles. The van der Waals surface area contributed by atoms with Crippen molar-refractivity contribution in [2.24, 2.45) is 0 Å². The van der Waals surface area contributed by atoms with Gasteiger partial charge in [0, 0.05) is 16.5 Å². The summed E-state index contributed by atoms with van der Waals surface area (Å²) in [4.78, 5) is 0. The number of para-hydroxylation sites is 1. The van der Waals surface area contributed by atoms with Crippen LogP contribution in [0.25, 0.3) is 38.1 Å². The Bertz CT molecular complexity index is 1200. The molecule has 1 nitrogen and oxygen atoms in total. The van der Waals surface area contributed by atoms with Gasteiger partial charge in [-0.15, -0.1) is 0 Å². The van der Waals surface area contributed by atoms with Crippen molar-refractivity contribution in [3.05, 3.63) is 89.5 Å². The Kier molecular flexibility index (Phi) is 3.00. The van der Waals surface area contributed by atoms with Crippen LogP contribution in [0.4, 0.5) is 0 Å². The molecule has 0 spiro atoms. The quantitative estimate of drug-likeness (QED) is 0.289. The van der Waals surface area contributed by atoms with Crippen molar-refractivity contribution in [1.82, 2.24) is 4.57 Å². The molecule has 0 fully saturated rings. The van der Waals surface area contributed by atoms with Gasteiger partial charge < -0.3 is 4.57 Å². The summed E-state index contributed by atoms with van der Waals surface area (Å²) in [5.74, 6) is 0. The number of aromatic nitrogens is 1. The van der Waals surface area contributed by atoms with Crippen molar-refractivity contribution in [1.29, 1.82) is 0 Å². The molecule has 114 valence electrons. The molecule has 0 unspecified atom stereocenters. The molecular weight excluding hydrogens is 358 g/mol. The van der Waals surface area contributed by atoms with Gasteiger partial charge in [-0.2, -0.15) is 0 Å². The fourth-order valence-electron chi connectivity index (χ4n) is 3.66. The maximum absolute atomic E-state index is 3.78. The van der Waals surface area contributed by atoms with Gasteiger partial charge in [0.15, 0.2) is 0 Å². The molecule has 0 amide bonds. The average molecular weight is 372 g/mol. The SMILES string of the molecule is Brc1cc2c3ccccc3c3ccccc3c2n1-c1ccccc1. The monoisotopic (exact) mass is 371 g/mol. The lowest BCUT2D eigenvalue weighted by Crippen LogP contribution is -1.94. The van der Waals surface area contributed by atoms with Crippen molar-refractivity contribution < 1.29 is 0 Å². The molecule has 4 aromatic carbocycles. The Labute approximate surface area is 148 Å². The number of nitrogens with zero attached hydrogens (tertiary/aromatic N) is 1. The molecule has 1 heterocycles. The number of fused-ring (bicyclic) bond motifs is 6. The molecule has 5 rings (SSSR count). The lowest BCUT2D eigenvalue weighted by molar-refractivity contribution is 1.10. The maximum atomic E-state index is 3.78. The molecule has 0 aliphatic heterocycles. The molecule has 0 aliphatic rings. The van der Waals surface area contributed by atoms with Crippen molar-refractivity contribution in [2.75, 3.05) is 0 Å². The lowest BCUT2D eigenvalue weighted by atomic mass is 9.98. The molecular formula is C22H14BrN. The predicted octanol–water partition coefficient (Wildman–Crippen LogP) is 6.70. The predicted molar refractivity (Wildman–Crippen MR) is 106 cm³/mol. The zero-order valence-electron chi connectivity index (χ0n) is 12.9. The summed E-state index contributed by atoms with van der Waals surface area (Å²) in [5.41, 5.74) is 2.42. The first-order valence-electron chi connectivity index (χ1n) is 8.00. The van der Waals surface area contributed by atoms with E-state index in [0.717, 1.165) is 4.60 Å². The third-order valence-corrected chi connectivity index (χ3v) is 5.24. The van der Waals surface area contributed by atoms with E-state index in [1.807, 2.05) is 0 Å². The van der Waals surface area contributed by atoms with E-state index in [1.54, 1.807) is 0 Å². The van der Waals surface area contributed by atoms with E-state index >= 15 is 0 Å². The molecule has 24 heavy (non-hydrogen) atoms. The van der Waals surface area contributed by atoms with E-state index in [1.165, 1.54) is 38.1 Å². The molecule has 5 aromatic rings. The van der Waals surface area contributed by atoms with Gasteiger partial charge in [0.1, 0.15) is 0 Å². The van der Waals surface area contributed by atoms with Crippen LogP contribution in [0.1, 0.15) is 0 Å². The number of hydrogen-bond donors (Lipinski definition) is 0. The maximum Gasteiger partial charge on any atom is 0.0903 e. The molecule has 0 saturated heterocycles. The van der Waals surface area contributed by atoms with Gasteiger partial charge in [-0.1, -0.05) is 66.7 Å². The van der Waals surface area contributed by atoms with Gasteiger partial charge in [-0.05, 0) is 50.3 Å². The highest BCUT2D eigenvalue weighted by atomic mass is 79.9. The Balaban J connectivity index is 2.09. The summed E-state index contributed by atoms with van der Waals surface area (Å²) in [6, 6.07) is 30.1. The van der Waals surface area contributed by atoms with E-state index in [4.69, 9.17) is 0 Å². The van der Waals surface area contributed by atoms with Gasteiger partial charge in [0.05, 0.1) is 10.1 Å². The molecule has 0 radical (unpaired) electrons. The minimum atomic E-state index is 1.07. The average Bonchev–Trinajstić information content (AvgIpc) is 3.00. The van der Waals surface area contributed by atoms with E-state index < -0.39 is 0 Å². The normalized spacial score (nSPS) is 11.5. The molecule has 0 aliphatic carbocycles. The highest BCUT2D eigenvalue weighted by molar-refractivity contribution is 9.10. The number of hydrogen-bond acceptors (Lipinski definition) is 0. The number of benzene rings is 4. The minimum Gasteiger partial charge on any atom is -0.303 e. The van der Waals surface area contributed by atoms with E-state index in [-0.39, 0.29) is 0 Å². The summed E-state index contributed by atoms with van der Waals surface area (Å²) < 4.78 is 3.37. The standard InChI is InChI=1S/C22H14BrN/c23-21-14-20-18-12-5-4-10-16(18)17-11-6-7-13-19(17)22(20)24(21)15-8-2-1-3-9-15/h1-14H. The zero-order valence-corrected chi connectivity index (χ0v) is 14.5. The Morgan fingerprint density at radius 2 is 1.04 bits per heavy atom. The van der Waals surface area contributed by atoms with E-state index in [9.17, 15) is 0 Å². The highest BCUT2D eigenvalue weighted by Gasteiger charge is 2.15. The van der Waals surface area contributed by atoms with Crippen LogP contribution in [0.15, 0.2) is 89.5 Å². The third-order valence-electron chi connectivity index (χ3n) is 4.66. The Morgan fingerprint density at radius 3 is 1.71 bits per heavy atom. The van der Waals surface area contributed by atoms with Crippen molar-refractivity contribution >= 4 is 48.4 Å². The van der Waals surface area contributed by atoms with Crippen LogP contribution in [0, 0.1) is 0 Å². The second-order valence-electron chi connectivity index (χ2n) is 5.99. The summed E-state index contributed by atoms with van der Waals surface area (Å²) in [6.07, 6.45) is 0. The first-order chi connectivity index (χ1) is 11.8. The fourth-order valence-corrected chi connectivity index (χ4v) is 4.27.